The predicted octanol–water partition coefficient (Wildman–Crippen LogP) is 2.03. The Morgan fingerprint density at radius 2 is 1.96 bits per heavy atom. The van der Waals surface area contributed by atoms with Crippen molar-refractivity contribution in [3.63, 3.8) is 0 Å². The van der Waals surface area contributed by atoms with Gasteiger partial charge in [-0.3, -0.25) is 19.4 Å². The quantitative estimate of drug-likeness (QED) is 0.703. The van der Waals surface area contributed by atoms with Gasteiger partial charge in [0.15, 0.2) is 5.58 Å². The van der Waals surface area contributed by atoms with Crippen molar-refractivity contribution in [1.29, 1.82) is 0 Å². The highest BCUT2D eigenvalue weighted by molar-refractivity contribution is 6.32. The van der Waals surface area contributed by atoms with E-state index in [0.29, 0.717) is 28.2 Å². The molecule has 0 spiro atoms. The Labute approximate surface area is 167 Å². The molecule has 148 valence electrons. The number of aliphatic hydroxyl groups is 1. The monoisotopic (exact) mass is 402 g/mol. The van der Waals surface area contributed by atoms with Gasteiger partial charge in [-0.1, -0.05) is 17.7 Å². The first-order valence-electron chi connectivity index (χ1n) is 9.33. The van der Waals surface area contributed by atoms with Gasteiger partial charge in [0.25, 0.3) is 0 Å². The summed E-state index contributed by atoms with van der Waals surface area (Å²) in [5.74, 6) is -0.443. The van der Waals surface area contributed by atoms with Gasteiger partial charge in [-0.2, -0.15) is 0 Å². The number of fused-ring (bicyclic) bond motifs is 1. The van der Waals surface area contributed by atoms with Gasteiger partial charge in [-0.15, -0.1) is 0 Å². The molecule has 0 amide bonds. The lowest BCUT2D eigenvalue weighted by Gasteiger charge is -2.35. The molecule has 0 saturated carbocycles. The number of aryl methyl sites for hydroxylation is 1. The minimum absolute atomic E-state index is 0.435. The van der Waals surface area contributed by atoms with Crippen LogP contribution in [0, 0.1) is 0 Å². The highest BCUT2D eigenvalue weighted by Gasteiger charge is 2.22. The maximum atomic E-state index is 11.7. The summed E-state index contributed by atoms with van der Waals surface area (Å²) >= 11 is 6.36. The zero-order valence-corrected chi connectivity index (χ0v) is 16.5. The molecule has 1 atom stereocenters. The van der Waals surface area contributed by atoms with Gasteiger partial charge in [-0.25, -0.2) is 4.79 Å². The van der Waals surface area contributed by atoms with Gasteiger partial charge < -0.3 is 9.52 Å². The van der Waals surface area contributed by atoms with Crippen LogP contribution in [-0.4, -0.2) is 57.2 Å². The van der Waals surface area contributed by atoms with Gasteiger partial charge in [0, 0.05) is 63.1 Å². The zero-order chi connectivity index (χ0) is 19.7. The Kier molecular flexibility index (Phi) is 5.50. The number of rotatable bonds is 5. The minimum Gasteiger partial charge on any atom is -0.408 e. The second kappa shape index (κ2) is 8.05. The molecule has 2 aromatic heterocycles. The average Bonchev–Trinajstić information content (AvgIpc) is 2.97. The van der Waals surface area contributed by atoms with Crippen LogP contribution in [0.3, 0.4) is 0 Å². The van der Waals surface area contributed by atoms with Gasteiger partial charge >= 0.3 is 5.76 Å². The molecule has 0 radical (unpaired) electrons. The van der Waals surface area contributed by atoms with Crippen molar-refractivity contribution in [1.82, 2.24) is 19.4 Å². The molecule has 1 fully saturated rings. The predicted molar refractivity (Wildman–Crippen MR) is 107 cm³/mol. The Hall–Kier alpha value is -2.19. The summed E-state index contributed by atoms with van der Waals surface area (Å²) in [6.07, 6.45) is 1.07. The number of aromatic nitrogens is 2. The molecule has 1 unspecified atom stereocenters. The largest absolute Gasteiger partial charge is 0.419 e. The first-order valence-corrected chi connectivity index (χ1v) is 9.70. The molecular formula is C20H23ClN4O3. The molecule has 28 heavy (non-hydrogen) atoms. The van der Waals surface area contributed by atoms with Crippen LogP contribution in [0.5, 0.6) is 0 Å². The van der Waals surface area contributed by atoms with Crippen molar-refractivity contribution in [3.8, 4) is 0 Å². The fourth-order valence-corrected chi connectivity index (χ4v) is 3.90. The number of β-amino-alcohol motifs (C(OH)–C–C–N with tert-alkyl or cyclic N) is 1. The summed E-state index contributed by atoms with van der Waals surface area (Å²) in [5.41, 5.74) is 2.71. The van der Waals surface area contributed by atoms with Crippen LogP contribution >= 0.6 is 11.6 Å². The molecule has 1 N–H and O–H groups in total. The van der Waals surface area contributed by atoms with Crippen LogP contribution in [0.2, 0.25) is 5.02 Å². The van der Waals surface area contributed by atoms with Crippen molar-refractivity contribution in [2.75, 3.05) is 32.7 Å². The third-order valence-corrected chi connectivity index (χ3v) is 5.60. The lowest BCUT2D eigenvalue weighted by molar-refractivity contribution is 0.0697. The Balaban J connectivity index is 1.38. The number of oxazole rings is 1. The number of hydrogen-bond acceptors (Lipinski definition) is 6. The van der Waals surface area contributed by atoms with Crippen LogP contribution in [0.4, 0.5) is 0 Å². The molecule has 1 saturated heterocycles. The lowest BCUT2D eigenvalue weighted by atomic mass is 10.1. The van der Waals surface area contributed by atoms with Gasteiger partial charge in [0.1, 0.15) is 0 Å². The zero-order valence-electron chi connectivity index (χ0n) is 15.7. The van der Waals surface area contributed by atoms with E-state index in [4.69, 9.17) is 16.0 Å². The first kappa shape index (κ1) is 19.1. The number of halogens is 1. The van der Waals surface area contributed by atoms with Crippen LogP contribution in [0.15, 0.2) is 45.7 Å². The Morgan fingerprint density at radius 1 is 1.21 bits per heavy atom. The van der Waals surface area contributed by atoms with Crippen molar-refractivity contribution >= 4 is 22.7 Å². The highest BCUT2D eigenvalue weighted by Crippen LogP contribution is 2.29. The van der Waals surface area contributed by atoms with E-state index in [9.17, 15) is 9.90 Å². The summed E-state index contributed by atoms with van der Waals surface area (Å²) in [5, 5.41) is 11.1. The normalized spacial score (nSPS) is 17.2. The number of nitrogens with zero attached hydrogens (tertiary/aromatic N) is 4. The smallest absolute Gasteiger partial charge is 0.408 e. The van der Waals surface area contributed by atoms with E-state index >= 15 is 0 Å². The Bertz CT molecular complexity index is 1010. The molecule has 3 aromatic rings. The van der Waals surface area contributed by atoms with Gasteiger partial charge in [0.2, 0.25) is 0 Å². The van der Waals surface area contributed by atoms with E-state index in [0.717, 1.165) is 38.4 Å². The van der Waals surface area contributed by atoms with Crippen LogP contribution < -0.4 is 5.76 Å². The SMILES string of the molecule is Cn1c(=O)oc2cc(C(O)CN3CCN(Cc4ccccn4)CC3)c(Cl)cc21. The van der Waals surface area contributed by atoms with E-state index in [1.165, 1.54) is 4.57 Å². The van der Waals surface area contributed by atoms with Gasteiger partial charge in [0.05, 0.1) is 17.3 Å². The number of piperazine rings is 1. The maximum absolute atomic E-state index is 11.7. The third kappa shape index (κ3) is 3.98. The molecule has 8 heteroatoms. The second-order valence-electron chi connectivity index (χ2n) is 7.18. The standard InChI is InChI=1S/C20H23ClN4O3/c1-23-17-11-16(21)15(10-19(17)28-20(23)27)18(26)13-25-8-6-24(7-9-25)12-14-4-2-3-5-22-14/h2-5,10-11,18,26H,6-9,12-13H2,1H3. The molecular weight excluding hydrogens is 380 g/mol. The van der Waals surface area contributed by atoms with E-state index in [1.807, 2.05) is 24.4 Å². The summed E-state index contributed by atoms with van der Waals surface area (Å²) in [6.45, 7) is 4.90. The van der Waals surface area contributed by atoms with Crippen molar-refractivity contribution in [2.24, 2.45) is 7.05 Å². The number of benzene rings is 1. The third-order valence-electron chi connectivity index (χ3n) is 5.28. The van der Waals surface area contributed by atoms with Crippen LogP contribution in [-0.2, 0) is 13.6 Å². The first-order chi connectivity index (χ1) is 13.5. The second-order valence-corrected chi connectivity index (χ2v) is 7.59. The number of pyridine rings is 1. The molecule has 7 nitrogen and oxygen atoms in total. The van der Waals surface area contributed by atoms with E-state index < -0.39 is 11.9 Å². The molecule has 1 aliphatic heterocycles. The molecule has 1 aromatic carbocycles. The highest BCUT2D eigenvalue weighted by atomic mass is 35.5. The molecule has 4 rings (SSSR count). The molecule has 3 heterocycles. The lowest BCUT2D eigenvalue weighted by Crippen LogP contribution is -2.47. The van der Waals surface area contributed by atoms with Crippen molar-refractivity contribution in [3.05, 3.63) is 63.4 Å². The number of hydrogen-bond donors (Lipinski definition) is 1. The maximum Gasteiger partial charge on any atom is 0.419 e. The topological polar surface area (TPSA) is 74.7 Å². The summed E-state index contributed by atoms with van der Waals surface area (Å²) in [6, 6.07) is 9.30. The Morgan fingerprint density at radius 3 is 2.68 bits per heavy atom. The van der Waals surface area contributed by atoms with Crippen LogP contribution in [0.25, 0.3) is 11.1 Å². The van der Waals surface area contributed by atoms with Crippen molar-refractivity contribution < 1.29 is 9.52 Å². The average molecular weight is 403 g/mol. The van der Waals surface area contributed by atoms with Crippen molar-refractivity contribution in [2.45, 2.75) is 12.6 Å². The van der Waals surface area contributed by atoms with Crippen LogP contribution in [0.1, 0.15) is 17.4 Å². The fraction of sp³-hybridized carbons (Fsp3) is 0.400. The fourth-order valence-electron chi connectivity index (χ4n) is 3.61. The van der Waals surface area contributed by atoms with E-state index in [1.54, 1.807) is 19.2 Å². The van der Waals surface area contributed by atoms with E-state index in [2.05, 4.69) is 14.8 Å². The van der Waals surface area contributed by atoms with Gasteiger partial charge in [-0.05, 0) is 24.3 Å². The number of aliphatic hydroxyl groups excluding tert-OH is 1. The molecule has 0 aliphatic carbocycles. The molecule has 0 bridgehead atoms. The summed E-state index contributed by atoms with van der Waals surface area (Å²) in [4.78, 5) is 20.6. The minimum atomic E-state index is -0.746. The summed E-state index contributed by atoms with van der Waals surface area (Å²) in [7, 11) is 1.63. The van der Waals surface area contributed by atoms with E-state index in [-0.39, 0.29) is 0 Å². The molecule has 1 aliphatic rings. The summed E-state index contributed by atoms with van der Waals surface area (Å²) < 4.78 is 6.62.